The number of carbonyl (C=O) groups is 1. The molecule has 0 saturated heterocycles. The first-order valence-corrected chi connectivity index (χ1v) is 9.22. The maximum Gasteiger partial charge on any atom is 0.236 e. The maximum absolute atomic E-state index is 13.9. The van der Waals surface area contributed by atoms with Crippen molar-refractivity contribution in [2.24, 2.45) is 0 Å². The van der Waals surface area contributed by atoms with E-state index in [0.29, 0.717) is 33.3 Å². The minimum atomic E-state index is -0.324. The third-order valence-corrected chi connectivity index (χ3v) is 4.76. The van der Waals surface area contributed by atoms with Crippen LogP contribution < -0.4 is 5.32 Å². The van der Waals surface area contributed by atoms with Gasteiger partial charge in [-0.2, -0.15) is 0 Å². The van der Waals surface area contributed by atoms with Crippen molar-refractivity contribution in [1.29, 1.82) is 0 Å². The Balaban J connectivity index is 1.48. The summed E-state index contributed by atoms with van der Waals surface area (Å²) < 4.78 is 20.3. The number of hydrogen-bond acceptors (Lipinski definition) is 8. The highest BCUT2D eigenvalue weighted by molar-refractivity contribution is 8.00. The molecular formula is C17H14FN7O2S. The molecule has 0 radical (unpaired) electrons. The van der Waals surface area contributed by atoms with E-state index in [1.165, 1.54) is 28.8 Å². The zero-order valence-corrected chi connectivity index (χ0v) is 15.5. The fourth-order valence-corrected chi connectivity index (χ4v) is 3.24. The number of carbonyl (C=O) groups excluding carboxylic acids is 1. The molecule has 4 rings (SSSR count). The Hall–Kier alpha value is -3.34. The van der Waals surface area contributed by atoms with E-state index in [9.17, 15) is 9.18 Å². The third-order valence-electron chi connectivity index (χ3n) is 3.78. The predicted molar refractivity (Wildman–Crippen MR) is 99.2 cm³/mol. The number of halogens is 1. The van der Waals surface area contributed by atoms with E-state index in [1.807, 2.05) is 0 Å². The second kappa shape index (κ2) is 7.72. The average Bonchev–Trinajstić information content (AvgIpc) is 3.28. The number of anilines is 1. The predicted octanol–water partition coefficient (Wildman–Crippen LogP) is 2.44. The van der Waals surface area contributed by atoms with E-state index >= 15 is 0 Å². The van der Waals surface area contributed by atoms with Crippen molar-refractivity contribution in [3.8, 4) is 0 Å². The van der Waals surface area contributed by atoms with Gasteiger partial charge in [-0.05, 0) is 13.0 Å². The largest absolute Gasteiger partial charge is 0.360 e. The highest BCUT2D eigenvalue weighted by atomic mass is 32.2. The lowest BCUT2D eigenvalue weighted by Crippen LogP contribution is -2.14. The van der Waals surface area contributed by atoms with Crippen LogP contribution in [0.1, 0.15) is 11.3 Å². The standard InChI is InChI=1S/C17H14FN7O2S/c1-10-6-13(23-27-10)21-14(26)8-28-17-15-16(19-9-20-17)25(24-22-15)7-11-4-2-3-5-12(11)18/h2-6,9H,7-8H2,1H3,(H,21,23,26). The summed E-state index contributed by atoms with van der Waals surface area (Å²) in [5, 5.41) is 15.0. The molecule has 0 fully saturated rings. The van der Waals surface area contributed by atoms with Crippen LogP contribution in [0.5, 0.6) is 0 Å². The fourth-order valence-electron chi connectivity index (χ4n) is 2.51. The van der Waals surface area contributed by atoms with Crippen molar-refractivity contribution < 1.29 is 13.7 Å². The van der Waals surface area contributed by atoms with Crippen LogP contribution in [0.4, 0.5) is 10.2 Å². The summed E-state index contributed by atoms with van der Waals surface area (Å²) in [4.78, 5) is 20.4. The number of aromatic nitrogens is 6. The van der Waals surface area contributed by atoms with Gasteiger partial charge in [-0.1, -0.05) is 40.3 Å². The van der Waals surface area contributed by atoms with E-state index in [1.54, 1.807) is 31.2 Å². The summed E-state index contributed by atoms with van der Waals surface area (Å²) in [5.74, 6) is 0.468. The Morgan fingerprint density at radius 1 is 1.32 bits per heavy atom. The summed E-state index contributed by atoms with van der Waals surface area (Å²) in [6, 6.07) is 8.07. The van der Waals surface area contributed by atoms with Gasteiger partial charge in [0.25, 0.3) is 0 Å². The number of fused-ring (bicyclic) bond motifs is 1. The molecule has 4 aromatic rings. The van der Waals surface area contributed by atoms with Gasteiger partial charge in [0.05, 0.1) is 12.3 Å². The second-order valence-corrected chi connectivity index (χ2v) is 6.81. The van der Waals surface area contributed by atoms with Crippen LogP contribution in [-0.2, 0) is 11.3 Å². The van der Waals surface area contributed by atoms with Crippen molar-refractivity contribution in [3.05, 3.63) is 53.8 Å². The molecule has 0 aliphatic heterocycles. The monoisotopic (exact) mass is 399 g/mol. The van der Waals surface area contributed by atoms with E-state index in [-0.39, 0.29) is 24.0 Å². The van der Waals surface area contributed by atoms with E-state index < -0.39 is 0 Å². The summed E-state index contributed by atoms with van der Waals surface area (Å²) >= 11 is 1.20. The molecule has 3 heterocycles. The Bertz CT molecular complexity index is 1140. The number of amides is 1. The van der Waals surface area contributed by atoms with Crippen LogP contribution in [0.2, 0.25) is 0 Å². The first-order valence-electron chi connectivity index (χ1n) is 8.24. The van der Waals surface area contributed by atoms with Crippen LogP contribution in [0.25, 0.3) is 11.2 Å². The molecule has 0 aliphatic rings. The summed E-state index contributed by atoms with van der Waals surface area (Å²) in [7, 11) is 0. The molecule has 0 atom stereocenters. The molecule has 1 N–H and O–H groups in total. The minimum Gasteiger partial charge on any atom is -0.360 e. The summed E-state index contributed by atoms with van der Waals surface area (Å²) in [6.07, 6.45) is 1.37. The molecule has 3 aromatic heterocycles. The Labute approximate surface area is 162 Å². The second-order valence-electron chi connectivity index (χ2n) is 5.85. The van der Waals surface area contributed by atoms with Crippen molar-refractivity contribution >= 4 is 34.7 Å². The van der Waals surface area contributed by atoms with Gasteiger partial charge in [0.2, 0.25) is 5.91 Å². The lowest BCUT2D eigenvalue weighted by Gasteiger charge is -2.04. The van der Waals surface area contributed by atoms with Gasteiger partial charge in [-0.3, -0.25) is 4.79 Å². The Kier molecular flexibility index (Phi) is 4.98. The fraction of sp³-hybridized carbons (Fsp3) is 0.176. The van der Waals surface area contributed by atoms with Crippen molar-refractivity contribution in [2.75, 3.05) is 11.1 Å². The number of nitrogens with zero attached hydrogens (tertiary/aromatic N) is 6. The SMILES string of the molecule is Cc1cc(NC(=O)CSc2ncnc3c2nnn3Cc2ccccc2F)no1. The molecule has 11 heteroatoms. The quantitative estimate of drug-likeness (QED) is 0.389. The number of hydrogen-bond donors (Lipinski definition) is 1. The van der Waals surface area contributed by atoms with E-state index in [2.05, 4.69) is 30.8 Å². The van der Waals surface area contributed by atoms with Gasteiger partial charge in [-0.25, -0.2) is 19.0 Å². The molecule has 0 saturated carbocycles. The average molecular weight is 399 g/mol. The number of rotatable bonds is 6. The summed E-state index contributed by atoms with van der Waals surface area (Å²) in [6.45, 7) is 1.93. The van der Waals surface area contributed by atoms with E-state index in [4.69, 9.17) is 4.52 Å². The molecule has 9 nitrogen and oxygen atoms in total. The lowest BCUT2D eigenvalue weighted by atomic mass is 10.2. The summed E-state index contributed by atoms with van der Waals surface area (Å²) in [5.41, 5.74) is 1.40. The molecule has 0 aliphatic carbocycles. The maximum atomic E-state index is 13.9. The molecule has 1 amide bonds. The lowest BCUT2D eigenvalue weighted by molar-refractivity contribution is -0.113. The Morgan fingerprint density at radius 2 is 2.18 bits per heavy atom. The van der Waals surface area contributed by atoms with Gasteiger partial charge < -0.3 is 9.84 Å². The molecule has 0 bridgehead atoms. The first-order chi connectivity index (χ1) is 13.6. The van der Waals surface area contributed by atoms with Crippen LogP contribution in [0.3, 0.4) is 0 Å². The van der Waals surface area contributed by atoms with Gasteiger partial charge in [0.15, 0.2) is 17.0 Å². The zero-order valence-electron chi connectivity index (χ0n) is 14.7. The van der Waals surface area contributed by atoms with Gasteiger partial charge in [0, 0.05) is 11.6 Å². The normalized spacial score (nSPS) is 11.1. The van der Waals surface area contributed by atoms with Crippen molar-refractivity contribution in [1.82, 2.24) is 30.1 Å². The topological polar surface area (TPSA) is 112 Å². The van der Waals surface area contributed by atoms with Gasteiger partial charge >= 0.3 is 0 Å². The van der Waals surface area contributed by atoms with E-state index in [0.717, 1.165) is 0 Å². The van der Waals surface area contributed by atoms with Crippen molar-refractivity contribution in [2.45, 2.75) is 18.5 Å². The third kappa shape index (κ3) is 3.83. The minimum absolute atomic E-state index is 0.0954. The van der Waals surface area contributed by atoms with Crippen LogP contribution in [-0.4, -0.2) is 41.8 Å². The molecular weight excluding hydrogens is 385 g/mol. The highest BCUT2D eigenvalue weighted by Gasteiger charge is 2.15. The molecule has 0 unspecified atom stereocenters. The molecule has 1 aromatic carbocycles. The van der Waals surface area contributed by atoms with Crippen molar-refractivity contribution in [3.63, 3.8) is 0 Å². The molecule has 0 spiro atoms. The Morgan fingerprint density at radius 3 is 2.96 bits per heavy atom. The van der Waals surface area contributed by atoms with Gasteiger partial charge in [-0.15, -0.1) is 5.10 Å². The molecule has 142 valence electrons. The number of benzene rings is 1. The zero-order chi connectivity index (χ0) is 19.5. The first kappa shape index (κ1) is 18.0. The van der Waals surface area contributed by atoms with Crippen LogP contribution in [0, 0.1) is 12.7 Å². The molecule has 28 heavy (non-hydrogen) atoms. The number of thioether (sulfide) groups is 1. The number of nitrogens with one attached hydrogen (secondary N) is 1. The van der Waals surface area contributed by atoms with Crippen LogP contribution >= 0.6 is 11.8 Å². The highest BCUT2D eigenvalue weighted by Crippen LogP contribution is 2.23. The van der Waals surface area contributed by atoms with Gasteiger partial charge in [0.1, 0.15) is 22.9 Å². The number of aryl methyl sites for hydroxylation is 1. The smallest absolute Gasteiger partial charge is 0.236 e. The van der Waals surface area contributed by atoms with Crippen LogP contribution in [0.15, 0.2) is 46.2 Å².